The summed E-state index contributed by atoms with van der Waals surface area (Å²) in [5.74, 6) is 1.42. The first-order valence-corrected chi connectivity index (χ1v) is 10.4. The Morgan fingerprint density at radius 3 is 2.64 bits per heavy atom. The second kappa shape index (κ2) is 7.30. The minimum atomic E-state index is 0.165. The van der Waals surface area contributed by atoms with Gasteiger partial charge in [-0.3, -0.25) is 4.79 Å². The summed E-state index contributed by atoms with van der Waals surface area (Å²) in [7, 11) is 0. The second-order valence-electron chi connectivity index (χ2n) is 7.96. The van der Waals surface area contributed by atoms with Gasteiger partial charge in [-0.05, 0) is 43.2 Å². The van der Waals surface area contributed by atoms with Gasteiger partial charge in [0.15, 0.2) is 0 Å². The Morgan fingerprint density at radius 2 is 1.82 bits per heavy atom. The van der Waals surface area contributed by atoms with E-state index in [0.29, 0.717) is 0 Å². The number of aromatic nitrogens is 2. The molecule has 1 aromatic heterocycles. The van der Waals surface area contributed by atoms with E-state index in [9.17, 15) is 4.79 Å². The standard InChI is InChI=1S/C23H26N4O/c28-23(17-7-3-1-4-8-17)24-18-11-12-21-20(15-18)25-22-16-26(13-14-27(21)22)19-9-5-2-6-10-19/h2,5-6,9-12,15,17H,1,3-4,7-8,13-14,16H2,(H,24,28). The quantitative estimate of drug-likeness (QED) is 0.730. The molecule has 0 bridgehead atoms. The van der Waals surface area contributed by atoms with Gasteiger partial charge in [0, 0.05) is 30.4 Å². The Morgan fingerprint density at radius 1 is 1.00 bits per heavy atom. The highest BCUT2D eigenvalue weighted by Crippen LogP contribution is 2.28. The molecule has 0 atom stereocenters. The minimum Gasteiger partial charge on any atom is -0.362 e. The van der Waals surface area contributed by atoms with Crippen LogP contribution in [-0.2, 0) is 17.9 Å². The van der Waals surface area contributed by atoms with Crippen LogP contribution in [0.2, 0.25) is 0 Å². The molecule has 144 valence electrons. The van der Waals surface area contributed by atoms with E-state index in [0.717, 1.165) is 55.0 Å². The summed E-state index contributed by atoms with van der Waals surface area (Å²) in [6.45, 7) is 2.71. The number of hydrogen-bond donors (Lipinski definition) is 1. The van der Waals surface area contributed by atoms with Gasteiger partial charge >= 0.3 is 0 Å². The molecule has 2 heterocycles. The molecule has 1 aliphatic carbocycles. The Bertz CT molecular complexity index is 989. The number of hydrogen-bond acceptors (Lipinski definition) is 3. The van der Waals surface area contributed by atoms with E-state index < -0.39 is 0 Å². The average Bonchev–Trinajstić information content (AvgIpc) is 3.12. The van der Waals surface area contributed by atoms with Crippen LogP contribution in [0.1, 0.15) is 37.9 Å². The summed E-state index contributed by atoms with van der Waals surface area (Å²) in [6, 6.07) is 16.6. The van der Waals surface area contributed by atoms with E-state index in [1.165, 1.54) is 24.9 Å². The molecule has 1 fully saturated rings. The molecule has 2 aliphatic rings. The van der Waals surface area contributed by atoms with Crippen molar-refractivity contribution in [2.24, 2.45) is 5.92 Å². The van der Waals surface area contributed by atoms with E-state index in [1.54, 1.807) is 0 Å². The number of amides is 1. The van der Waals surface area contributed by atoms with Gasteiger partial charge in [0.2, 0.25) is 5.91 Å². The first-order valence-electron chi connectivity index (χ1n) is 10.4. The number of nitrogens with zero attached hydrogens (tertiary/aromatic N) is 3. The fraction of sp³-hybridized carbons (Fsp3) is 0.391. The monoisotopic (exact) mass is 374 g/mol. The van der Waals surface area contributed by atoms with E-state index in [-0.39, 0.29) is 11.8 Å². The molecular formula is C23H26N4O. The van der Waals surface area contributed by atoms with Gasteiger partial charge in [-0.2, -0.15) is 0 Å². The average molecular weight is 374 g/mol. The van der Waals surface area contributed by atoms with Crippen molar-refractivity contribution in [3.05, 3.63) is 54.4 Å². The SMILES string of the molecule is O=C(Nc1ccc2c(c1)nc1n2CCN(c2ccccc2)C1)C1CCCCC1. The van der Waals surface area contributed by atoms with Gasteiger partial charge in [0.1, 0.15) is 5.82 Å². The van der Waals surface area contributed by atoms with Crippen molar-refractivity contribution in [2.75, 3.05) is 16.8 Å². The van der Waals surface area contributed by atoms with E-state index in [4.69, 9.17) is 4.98 Å². The number of rotatable bonds is 3. The lowest BCUT2D eigenvalue weighted by molar-refractivity contribution is -0.120. The lowest BCUT2D eigenvalue weighted by Crippen LogP contribution is -2.33. The summed E-state index contributed by atoms with van der Waals surface area (Å²) in [4.78, 5) is 19.8. The normalized spacial score (nSPS) is 17.5. The van der Waals surface area contributed by atoms with E-state index >= 15 is 0 Å². The molecule has 28 heavy (non-hydrogen) atoms. The van der Waals surface area contributed by atoms with Crippen LogP contribution in [0.15, 0.2) is 48.5 Å². The molecule has 5 nitrogen and oxygen atoms in total. The maximum absolute atomic E-state index is 12.6. The molecule has 0 radical (unpaired) electrons. The second-order valence-corrected chi connectivity index (χ2v) is 7.96. The summed E-state index contributed by atoms with van der Waals surface area (Å²) in [5, 5.41) is 3.12. The van der Waals surface area contributed by atoms with Crippen LogP contribution in [0.5, 0.6) is 0 Å². The predicted molar refractivity (Wildman–Crippen MR) is 112 cm³/mol. The number of anilines is 2. The van der Waals surface area contributed by atoms with Gasteiger partial charge in [-0.15, -0.1) is 0 Å². The zero-order valence-electron chi connectivity index (χ0n) is 16.1. The van der Waals surface area contributed by atoms with Crippen LogP contribution in [0, 0.1) is 5.92 Å². The Kier molecular flexibility index (Phi) is 4.51. The first-order chi connectivity index (χ1) is 13.8. The lowest BCUT2D eigenvalue weighted by atomic mass is 9.88. The Labute approximate surface area is 165 Å². The van der Waals surface area contributed by atoms with Crippen LogP contribution in [0.4, 0.5) is 11.4 Å². The highest BCUT2D eigenvalue weighted by atomic mass is 16.1. The summed E-state index contributed by atoms with van der Waals surface area (Å²) in [5.41, 5.74) is 4.21. The topological polar surface area (TPSA) is 50.2 Å². The number of fused-ring (bicyclic) bond motifs is 3. The van der Waals surface area contributed by atoms with Crippen LogP contribution >= 0.6 is 0 Å². The molecule has 1 aliphatic heterocycles. The number of imidazole rings is 1. The van der Waals surface area contributed by atoms with Gasteiger partial charge < -0.3 is 14.8 Å². The maximum Gasteiger partial charge on any atom is 0.227 e. The number of para-hydroxylation sites is 1. The van der Waals surface area contributed by atoms with Crippen molar-refractivity contribution < 1.29 is 4.79 Å². The maximum atomic E-state index is 12.6. The summed E-state index contributed by atoms with van der Waals surface area (Å²) in [6.07, 6.45) is 5.63. The number of carbonyl (C=O) groups is 1. The molecule has 0 spiro atoms. The van der Waals surface area contributed by atoms with E-state index in [2.05, 4.69) is 45.1 Å². The van der Waals surface area contributed by atoms with Crippen LogP contribution in [0.25, 0.3) is 11.0 Å². The van der Waals surface area contributed by atoms with Crippen molar-refractivity contribution in [3.8, 4) is 0 Å². The molecule has 5 heteroatoms. The molecule has 2 aromatic carbocycles. The number of carbonyl (C=O) groups excluding carboxylic acids is 1. The fourth-order valence-electron chi connectivity index (χ4n) is 4.57. The molecule has 1 N–H and O–H groups in total. The fourth-order valence-corrected chi connectivity index (χ4v) is 4.57. The van der Waals surface area contributed by atoms with Gasteiger partial charge in [0.05, 0.1) is 17.6 Å². The lowest BCUT2D eigenvalue weighted by Gasteiger charge is -2.29. The largest absolute Gasteiger partial charge is 0.362 e. The zero-order chi connectivity index (χ0) is 18.9. The van der Waals surface area contributed by atoms with Crippen molar-refractivity contribution in [2.45, 2.75) is 45.2 Å². The van der Waals surface area contributed by atoms with Gasteiger partial charge in [0.25, 0.3) is 0 Å². The summed E-state index contributed by atoms with van der Waals surface area (Å²) < 4.78 is 2.31. The van der Waals surface area contributed by atoms with Gasteiger partial charge in [-0.25, -0.2) is 4.98 Å². The number of benzene rings is 2. The minimum absolute atomic E-state index is 0.165. The molecule has 1 amide bonds. The summed E-state index contributed by atoms with van der Waals surface area (Å²) >= 11 is 0. The van der Waals surface area contributed by atoms with Crippen LogP contribution in [0.3, 0.4) is 0 Å². The predicted octanol–water partition coefficient (Wildman–Crippen LogP) is 4.58. The Hall–Kier alpha value is -2.82. The Balaban J connectivity index is 1.36. The molecule has 3 aromatic rings. The first kappa shape index (κ1) is 17.3. The molecule has 5 rings (SSSR count). The van der Waals surface area contributed by atoms with Crippen molar-refractivity contribution in [1.29, 1.82) is 0 Å². The third kappa shape index (κ3) is 3.26. The highest BCUT2D eigenvalue weighted by molar-refractivity contribution is 5.94. The van der Waals surface area contributed by atoms with Crippen molar-refractivity contribution in [3.63, 3.8) is 0 Å². The molecule has 1 saturated carbocycles. The van der Waals surface area contributed by atoms with Crippen LogP contribution < -0.4 is 10.2 Å². The third-order valence-electron chi connectivity index (χ3n) is 6.12. The van der Waals surface area contributed by atoms with E-state index in [1.807, 2.05) is 18.2 Å². The van der Waals surface area contributed by atoms with Crippen molar-refractivity contribution in [1.82, 2.24) is 9.55 Å². The molecule has 0 unspecified atom stereocenters. The van der Waals surface area contributed by atoms with Crippen LogP contribution in [-0.4, -0.2) is 22.0 Å². The smallest absolute Gasteiger partial charge is 0.227 e. The van der Waals surface area contributed by atoms with Gasteiger partial charge in [-0.1, -0.05) is 37.5 Å². The number of nitrogens with one attached hydrogen (secondary N) is 1. The van der Waals surface area contributed by atoms with Crippen molar-refractivity contribution >= 4 is 28.3 Å². The highest BCUT2D eigenvalue weighted by Gasteiger charge is 2.23. The molecule has 0 saturated heterocycles. The molecular weight excluding hydrogens is 348 g/mol. The zero-order valence-corrected chi connectivity index (χ0v) is 16.1. The third-order valence-corrected chi connectivity index (χ3v) is 6.12.